The van der Waals surface area contributed by atoms with Gasteiger partial charge in [-0.1, -0.05) is 0 Å². The van der Waals surface area contributed by atoms with Crippen molar-refractivity contribution < 1.29 is 18.3 Å². The highest BCUT2D eigenvalue weighted by Crippen LogP contribution is 2.25. The molecule has 7 heteroatoms. The lowest BCUT2D eigenvalue weighted by Gasteiger charge is -2.28. The first-order valence-electron chi connectivity index (χ1n) is 7.64. The Labute approximate surface area is 126 Å². The normalized spacial score (nSPS) is 27.7. The van der Waals surface area contributed by atoms with E-state index in [1.54, 1.807) is 6.92 Å². The van der Waals surface area contributed by atoms with Crippen LogP contribution in [0.25, 0.3) is 0 Å². The van der Waals surface area contributed by atoms with Gasteiger partial charge in [0.05, 0.1) is 11.5 Å². The highest BCUT2D eigenvalue weighted by molar-refractivity contribution is 7.91. The van der Waals surface area contributed by atoms with Crippen molar-refractivity contribution >= 4 is 15.8 Å². The second-order valence-corrected chi connectivity index (χ2v) is 8.93. The van der Waals surface area contributed by atoms with Gasteiger partial charge in [0.1, 0.15) is 5.54 Å². The van der Waals surface area contributed by atoms with Gasteiger partial charge in [-0.2, -0.15) is 0 Å². The molecule has 0 aromatic rings. The summed E-state index contributed by atoms with van der Waals surface area (Å²) in [6.07, 6.45) is 4.11. The van der Waals surface area contributed by atoms with Gasteiger partial charge < -0.3 is 10.0 Å². The number of hydrogen-bond donors (Lipinski definition) is 2. The molecule has 0 bridgehead atoms. The number of nitrogens with zero attached hydrogens (tertiary/aromatic N) is 1. The molecule has 1 aliphatic carbocycles. The average Bonchev–Trinajstić information content (AvgIpc) is 3.10. The molecule has 1 saturated carbocycles. The number of carboxylic acid groups (broad SMARTS) is 1. The van der Waals surface area contributed by atoms with Crippen LogP contribution in [0.4, 0.5) is 0 Å². The minimum absolute atomic E-state index is 0.0856. The van der Waals surface area contributed by atoms with Crippen LogP contribution >= 0.6 is 0 Å². The Bertz CT molecular complexity index is 489. The first kappa shape index (κ1) is 16.7. The number of aliphatic carboxylic acids is 1. The zero-order valence-corrected chi connectivity index (χ0v) is 13.7. The van der Waals surface area contributed by atoms with E-state index in [4.69, 9.17) is 0 Å². The molecule has 2 rings (SSSR count). The van der Waals surface area contributed by atoms with Crippen molar-refractivity contribution in [2.45, 2.75) is 56.7 Å². The van der Waals surface area contributed by atoms with E-state index in [0.29, 0.717) is 18.9 Å². The minimum Gasteiger partial charge on any atom is -0.480 e. The number of sulfone groups is 1. The van der Waals surface area contributed by atoms with E-state index < -0.39 is 21.3 Å². The summed E-state index contributed by atoms with van der Waals surface area (Å²) in [6, 6.07) is 0.436. The van der Waals surface area contributed by atoms with Crippen molar-refractivity contribution in [3.63, 3.8) is 0 Å². The maximum absolute atomic E-state index is 11.5. The van der Waals surface area contributed by atoms with Gasteiger partial charge in [-0.25, -0.2) is 8.42 Å². The third-order valence-electron chi connectivity index (χ3n) is 4.59. The Morgan fingerprint density at radius 3 is 2.52 bits per heavy atom. The highest BCUT2D eigenvalue weighted by Gasteiger charge is 2.38. The molecule has 0 aromatic carbocycles. The van der Waals surface area contributed by atoms with Crippen molar-refractivity contribution in [3.05, 3.63) is 0 Å². The van der Waals surface area contributed by atoms with Crippen LogP contribution in [0.1, 0.15) is 39.0 Å². The zero-order chi connectivity index (χ0) is 15.7. The Kier molecular flexibility index (Phi) is 4.95. The molecule has 6 nitrogen and oxygen atoms in total. The van der Waals surface area contributed by atoms with Gasteiger partial charge in [0, 0.05) is 12.1 Å². The Hall–Kier alpha value is -0.660. The largest absolute Gasteiger partial charge is 0.480 e. The number of rotatable bonds is 8. The van der Waals surface area contributed by atoms with Crippen LogP contribution in [0.15, 0.2) is 0 Å². The summed E-state index contributed by atoms with van der Waals surface area (Å²) >= 11 is 0. The lowest BCUT2D eigenvalue weighted by Crippen LogP contribution is -2.51. The summed E-state index contributed by atoms with van der Waals surface area (Å²) in [5, 5.41) is 12.6. The molecule has 1 aliphatic heterocycles. The van der Waals surface area contributed by atoms with Gasteiger partial charge in [-0.15, -0.1) is 0 Å². The molecule has 1 saturated heterocycles. The molecular formula is C14H26N2O4S. The summed E-state index contributed by atoms with van der Waals surface area (Å²) in [5.41, 5.74) is -0.871. The van der Waals surface area contributed by atoms with Crippen LogP contribution in [-0.4, -0.2) is 67.1 Å². The van der Waals surface area contributed by atoms with Gasteiger partial charge >= 0.3 is 5.97 Å². The molecule has 0 amide bonds. The third-order valence-corrected chi connectivity index (χ3v) is 6.34. The number of nitrogens with one attached hydrogen (secondary N) is 1. The van der Waals surface area contributed by atoms with Crippen LogP contribution < -0.4 is 5.32 Å². The topological polar surface area (TPSA) is 86.7 Å². The van der Waals surface area contributed by atoms with Crippen molar-refractivity contribution in [1.29, 1.82) is 0 Å². The van der Waals surface area contributed by atoms with Gasteiger partial charge in [0.15, 0.2) is 9.84 Å². The van der Waals surface area contributed by atoms with Crippen LogP contribution in [0.5, 0.6) is 0 Å². The SMILES string of the molecule is CN(CCCC(C)(NC1CC1)C(=O)O)C1CCS(=O)(=O)C1. The van der Waals surface area contributed by atoms with Crippen molar-refractivity contribution in [2.75, 3.05) is 25.1 Å². The van der Waals surface area contributed by atoms with Crippen LogP contribution in [0, 0.1) is 0 Å². The molecule has 2 aliphatic rings. The van der Waals surface area contributed by atoms with Gasteiger partial charge in [-0.05, 0) is 52.6 Å². The average molecular weight is 318 g/mol. The van der Waals surface area contributed by atoms with E-state index in [1.807, 2.05) is 7.05 Å². The first-order valence-corrected chi connectivity index (χ1v) is 9.46. The fourth-order valence-electron chi connectivity index (χ4n) is 2.91. The molecule has 2 N–H and O–H groups in total. The second kappa shape index (κ2) is 6.22. The Morgan fingerprint density at radius 1 is 1.38 bits per heavy atom. The maximum Gasteiger partial charge on any atom is 0.323 e. The molecule has 2 atom stereocenters. The summed E-state index contributed by atoms with van der Waals surface area (Å²) in [7, 11) is -0.935. The predicted octanol–water partition coefficient (Wildman–Crippen LogP) is 0.481. The Balaban J connectivity index is 1.78. The van der Waals surface area contributed by atoms with E-state index in [0.717, 1.165) is 25.8 Å². The fourth-order valence-corrected chi connectivity index (χ4v) is 4.71. The lowest BCUT2D eigenvalue weighted by atomic mass is 9.95. The fraction of sp³-hybridized carbons (Fsp3) is 0.929. The quantitative estimate of drug-likeness (QED) is 0.677. The van der Waals surface area contributed by atoms with Crippen molar-refractivity contribution in [1.82, 2.24) is 10.2 Å². The lowest BCUT2D eigenvalue weighted by molar-refractivity contribution is -0.144. The Morgan fingerprint density at radius 2 is 2.05 bits per heavy atom. The molecular weight excluding hydrogens is 292 g/mol. The van der Waals surface area contributed by atoms with Gasteiger partial charge in [-0.3, -0.25) is 10.1 Å². The summed E-state index contributed by atoms with van der Waals surface area (Å²) in [5.74, 6) is -0.293. The van der Waals surface area contributed by atoms with E-state index in [-0.39, 0.29) is 17.5 Å². The molecule has 2 unspecified atom stereocenters. The summed E-state index contributed by atoms with van der Waals surface area (Å²) < 4.78 is 23.0. The molecule has 2 fully saturated rings. The van der Waals surface area contributed by atoms with E-state index in [9.17, 15) is 18.3 Å². The van der Waals surface area contributed by atoms with Crippen LogP contribution in [0.3, 0.4) is 0 Å². The highest BCUT2D eigenvalue weighted by atomic mass is 32.2. The molecule has 0 radical (unpaired) electrons. The van der Waals surface area contributed by atoms with Crippen molar-refractivity contribution in [3.8, 4) is 0 Å². The number of carbonyl (C=O) groups is 1. The predicted molar refractivity (Wildman–Crippen MR) is 81.1 cm³/mol. The van der Waals surface area contributed by atoms with E-state index in [1.165, 1.54) is 0 Å². The third kappa shape index (κ3) is 4.66. The standard InChI is InChI=1S/C14H26N2O4S/c1-14(13(17)18,15-11-4-5-11)7-3-8-16(2)12-6-9-21(19,20)10-12/h11-12,15H,3-10H2,1-2H3,(H,17,18). The molecule has 1 heterocycles. The minimum atomic E-state index is -2.86. The molecule has 122 valence electrons. The van der Waals surface area contributed by atoms with Gasteiger partial charge in [0.2, 0.25) is 0 Å². The maximum atomic E-state index is 11.5. The molecule has 0 spiro atoms. The zero-order valence-electron chi connectivity index (χ0n) is 12.8. The van der Waals surface area contributed by atoms with E-state index >= 15 is 0 Å². The van der Waals surface area contributed by atoms with E-state index in [2.05, 4.69) is 10.2 Å². The molecule has 0 aromatic heterocycles. The van der Waals surface area contributed by atoms with Crippen LogP contribution in [0.2, 0.25) is 0 Å². The summed E-state index contributed by atoms with van der Waals surface area (Å²) in [6.45, 7) is 2.48. The van der Waals surface area contributed by atoms with Crippen LogP contribution in [-0.2, 0) is 14.6 Å². The number of carboxylic acids is 1. The monoisotopic (exact) mass is 318 g/mol. The molecule has 21 heavy (non-hydrogen) atoms. The van der Waals surface area contributed by atoms with Gasteiger partial charge in [0.25, 0.3) is 0 Å². The second-order valence-electron chi connectivity index (χ2n) is 6.70. The number of hydrogen-bond acceptors (Lipinski definition) is 5. The smallest absolute Gasteiger partial charge is 0.323 e. The summed E-state index contributed by atoms with van der Waals surface area (Å²) in [4.78, 5) is 13.5. The van der Waals surface area contributed by atoms with Crippen molar-refractivity contribution in [2.24, 2.45) is 0 Å². The first-order chi connectivity index (χ1) is 9.72.